The average molecular weight is 259 g/mol. The molecule has 2 amide bonds. The molecule has 0 unspecified atom stereocenters. The predicted molar refractivity (Wildman–Crippen MR) is 65.5 cm³/mol. The molecule has 0 bridgehead atoms. The fourth-order valence-electron chi connectivity index (χ4n) is 1.79. The van der Waals surface area contributed by atoms with E-state index in [1.165, 1.54) is 0 Å². The van der Waals surface area contributed by atoms with Gasteiger partial charge in [-0.1, -0.05) is 0 Å². The van der Waals surface area contributed by atoms with Crippen molar-refractivity contribution in [3.63, 3.8) is 0 Å². The second-order valence-electron chi connectivity index (χ2n) is 4.42. The van der Waals surface area contributed by atoms with E-state index in [2.05, 4.69) is 22.6 Å². The molecule has 1 saturated heterocycles. The lowest BCUT2D eigenvalue weighted by Crippen LogP contribution is -2.47. The quantitative estimate of drug-likeness (QED) is 0.558. The number of carbonyl (C=O) groups excluding carboxylic acids is 1. The number of aliphatic carboxylic acids is 1. The molecule has 104 valence electrons. The number of amides is 2. The molecule has 1 aliphatic rings. The van der Waals surface area contributed by atoms with Crippen molar-refractivity contribution in [2.45, 2.75) is 18.9 Å². The molecule has 7 heteroatoms. The summed E-state index contributed by atoms with van der Waals surface area (Å²) in [6.45, 7) is 2.16. The average Bonchev–Trinajstić information content (AvgIpc) is 2.31. The van der Waals surface area contributed by atoms with E-state index in [1.54, 1.807) is 0 Å². The van der Waals surface area contributed by atoms with Crippen molar-refractivity contribution in [1.82, 2.24) is 15.5 Å². The van der Waals surface area contributed by atoms with Crippen LogP contribution in [0.2, 0.25) is 0 Å². The first-order valence-corrected chi connectivity index (χ1v) is 6.10. The van der Waals surface area contributed by atoms with Gasteiger partial charge in [0, 0.05) is 12.6 Å². The molecule has 3 N–H and O–H groups in total. The monoisotopic (exact) mass is 259 g/mol. The third-order valence-electron chi connectivity index (χ3n) is 2.81. The van der Waals surface area contributed by atoms with E-state index >= 15 is 0 Å². The highest BCUT2D eigenvalue weighted by atomic mass is 16.5. The molecule has 1 aliphatic heterocycles. The molecule has 1 heterocycles. The van der Waals surface area contributed by atoms with Gasteiger partial charge < -0.3 is 25.4 Å². The Morgan fingerprint density at radius 1 is 1.39 bits per heavy atom. The number of carboxylic acids is 1. The van der Waals surface area contributed by atoms with E-state index in [-0.39, 0.29) is 25.3 Å². The molecule has 0 spiro atoms. The summed E-state index contributed by atoms with van der Waals surface area (Å²) >= 11 is 0. The molecule has 7 nitrogen and oxygen atoms in total. The van der Waals surface area contributed by atoms with Crippen LogP contribution in [0, 0.1) is 0 Å². The lowest BCUT2D eigenvalue weighted by atomic mass is 10.1. The minimum absolute atomic E-state index is 0.202. The van der Waals surface area contributed by atoms with E-state index in [0.717, 1.165) is 25.9 Å². The highest BCUT2D eigenvalue weighted by Gasteiger charge is 2.17. The van der Waals surface area contributed by atoms with Gasteiger partial charge in [-0.2, -0.15) is 0 Å². The standard InChI is InChI=1S/C11H21N3O4/c1-14-5-2-9(3-6-14)13-11(17)12-4-7-18-8-10(15)16/h9H,2-8H2,1H3,(H,15,16)(H2,12,13,17). The van der Waals surface area contributed by atoms with Crippen LogP contribution in [0.15, 0.2) is 0 Å². The number of nitrogens with zero attached hydrogens (tertiary/aromatic N) is 1. The first-order chi connectivity index (χ1) is 8.58. The van der Waals surface area contributed by atoms with Crippen LogP contribution in [0.4, 0.5) is 4.79 Å². The second-order valence-corrected chi connectivity index (χ2v) is 4.42. The Hall–Kier alpha value is -1.34. The van der Waals surface area contributed by atoms with Gasteiger partial charge in [0.15, 0.2) is 0 Å². The Morgan fingerprint density at radius 2 is 2.06 bits per heavy atom. The first kappa shape index (κ1) is 14.7. The van der Waals surface area contributed by atoms with Crippen molar-refractivity contribution in [1.29, 1.82) is 0 Å². The smallest absolute Gasteiger partial charge is 0.329 e. The molecule has 0 saturated carbocycles. The van der Waals surface area contributed by atoms with Crippen LogP contribution in [0.5, 0.6) is 0 Å². The molecule has 1 rings (SSSR count). The minimum atomic E-state index is -1.01. The highest BCUT2D eigenvalue weighted by molar-refractivity contribution is 5.74. The Morgan fingerprint density at radius 3 is 2.67 bits per heavy atom. The normalized spacial score (nSPS) is 17.4. The number of carboxylic acid groups (broad SMARTS) is 1. The maximum Gasteiger partial charge on any atom is 0.329 e. The van der Waals surface area contributed by atoms with Crippen LogP contribution in [-0.4, -0.2) is 67.9 Å². The van der Waals surface area contributed by atoms with Gasteiger partial charge in [-0.25, -0.2) is 9.59 Å². The summed E-state index contributed by atoms with van der Waals surface area (Å²) in [5, 5.41) is 13.9. The maximum absolute atomic E-state index is 11.5. The molecule has 1 fully saturated rings. The molecular formula is C11H21N3O4. The Kier molecular flexibility index (Phi) is 6.45. The summed E-state index contributed by atoms with van der Waals surface area (Å²) in [7, 11) is 2.07. The van der Waals surface area contributed by atoms with Crippen LogP contribution in [0.1, 0.15) is 12.8 Å². The van der Waals surface area contributed by atoms with Crippen molar-refractivity contribution < 1.29 is 19.4 Å². The van der Waals surface area contributed by atoms with E-state index < -0.39 is 5.97 Å². The van der Waals surface area contributed by atoms with Crippen LogP contribution in [0.25, 0.3) is 0 Å². The fourth-order valence-corrected chi connectivity index (χ4v) is 1.79. The molecule has 0 aromatic carbocycles. The summed E-state index contributed by atoms with van der Waals surface area (Å²) in [5.41, 5.74) is 0. The van der Waals surface area contributed by atoms with Gasteiger partial charge >= 0.3 is 12.0 Å². The fraction of sp³-hybridized carbons (Fsp3) is 0.818. The zero-order valence-electron chi connectivity index (χ0n) is 10.6. The molecule has 0 aromatic rings. The number of ether oxygens (including phenoxy) is 1. The predicted octanol–water partition coefficient (Wildman–Crippen LogP) is -0.519. The molecule has 0 atom stereocenters. The van der Waals surface area contributed by atoms with E-state index in [1.807, 2.05) is 0 Å². The van der Waals surface area contributed by atoms with Gasteiger partial charge in [0.05, 0.1) is 6.61 Å². The van der Waals surface area contributed by atoms with Gasteiger partial charge in [-0.15, -0.1) is 0 Å². The van der Waals surface area contributed by atoms with E-state index in [9.17, 15) is 9.59 Å². The van der Waals surface area contributed by atoms with Gasteiger partial charge in [-0.05, 0) is 33.0 Å². The number of piperidine rings is 1. The summed E-state index contributed by atoms with van der Waals surface area (Å²) in [5.74, 6) is -1.01. The van der Waals surface area contributed by atoms with Crippen molar-refractivity contribution in [3.8, 4) is 0 Å². The summed E-state index contributed by atoms with van der Waals surface area (Å²) in [6.07, 6.45) is 1.92. The topological polar surface area (TPSA) is 90.9 Å². The van der Waals surface area contributed by atoms with Crippen molar-refractivity contribution in [2.24, 2.45) is 0 Å². The van der Waals surface area contributed by atoms with E-state index in [0.29, 0.717) is 6.54 Å². The SMILES string of the molecule is CN1CCC(NC(=O)NCCOCC(=O)O)CC1. The third kappa shape index (κ3) is 6.41. The number of hydrogen-bond acceptors (Lipinski definition) is 4. The summed E-state index contributed by atoms with van der Waals surface area (Å²) < 4.78 is 4.80. The second kappa shape index (κ2) is 7.88. The molecule has 0 radical (unpaired) electrons. The van der Waals surface area contributed by atoms with Gasteiger partial charge in [0.2, 0.25) is 0 Å². The first-order valence-electron chi connectivity index (χ1n) is 6.10. The molecular weight excluding hydrogens is 238 g/mol. The van der Waals surface area contributed by atoms with Crippen LogP contribution >= 0.6 is 0 Å². The molecule has 0 aromatic heterocycles. The zero-order chi connectivity index (χ0) is 13.4. The van der Waals surface area contributed by atoms with Crippen LogP contribution in [-0.2, 0) is 9.53 Å². The third-order valence-corrected chi connectivity index (χ3v) is 2.81. The number of nitrogens with one attached hydrogen (secondary N) is 2. The van der Waals surface area contributed by atoms with Crippen molar-refractivity contribution in [2.75, 3.05) is 39.9 Å². The van der Waals surface area contributed by atoms with Gasteiger partial charge in [0.1, 0.15) is 6.61 Å². The number of rotatable bonds is 6. The molecule has 18 heavy (non-hydrogen) atoms. The van der Waals surface area contributed by atoms with Crippen molar-refractivity contribution in [3.05, 3.63) is 0 Å². The van der Waals surface area contributed by atoms with Gasteiger partial charge in [0.25, 0.3) is 0 Å². The largest absolute Gasteiger partial charge is 0.480 e. The lowest BCUT2D eigenvalue weighted by molar-refractivity contribution is -0.142. The van der Waals surface area contributed by atoms with Crippen molar-refractivity contribution >= 4 is 12.0 Å². The van der Waals surface area contributed by atoms with Crippen LogP contribution in [0.3, 0.4) is 0 Å². The van der Waals surface area contributed by atoms with Gasteiger partial charge in [-0.3, -0.25) is 0 Å². The summed E-state index contributed by atoms with van der Waals surface area (Å²) in [4.78, 5) is 23.9. The zero-order valence-corrected chi connectivity index (χ0v) is 10.6. The molecule has 0 aliphatic carbocycles. The Balaban J connectivity index is 2.01. The lowest BCUT2D eigenvalue weighted by Gasteiger charge is -2.29. The number of urea groups is 1. The Labute approximate surface area is 106 Å². The van der Waals surface area contributed by atoms with E-state index in [4.69, 9.17) is 9.84 Å². The number of hydrogen-bond donors (Lipinski definition) is 3. The number of carbonyl (C=O) groups is 2. The summed E-state index contributed by atoms with van der Waals surface area (Å²) in [6, 6.07) is 0.00427. The Bertz CT molecular complexity index is 277. The maximum atomic E-state index is 11.5. The minimum Gasteiger partial charge on any atom is -0.480 e. The highest BCUT2D eigenvalue weighted by Crippen LogP contribution is 2.07. The number of likely N-dealkylation sites (tertiary alicyclic amines) is 1. The van der Waals surface area contributed by atoms with Crippen LogP contribution < -0.4 is 10.6 Å².